The van der Waals surface area contributed by atoms with E-state index in [1.807, 2.05) is 0 Å². The fourth-order valence-electron chi connectivity index (χ4n) is 1.79. The van der Waals surface area contributed by atoms with Gasteiger partial charge in [-0.15, -0.1) is 0 Å². The highest BCUT2D eigenvalue weighted by Gasteiger charge is 2.37. The Labute approximate surface area is 100.0 Å². The molecule has 0 aromatic heterocycles. The molecule has 1 atom stereocenters. The van der Waals surface area contributed by atoms with E-state index >= 15 is 0 Å². The lowest BCUT2D eigenvalue weighted by Crippen LogP contribution is -2.33. The largest absolute Gasteiger partial charge is 0.464 e. The van der Waals surface area contributed by atoms with Crippen LogP contribution in [0.4, 0.5) is 10.1 Å². The van der Waals surface area contributed by atoms with Crippen molar-refractivity contribution in [2.24, 2.45) is 5.92 Å². The Balaban J connectivity index is 2.05. The first-order valence-corrected chi connectivity index (χ1v) is 5.89. The minimum absolute atomic E-state index is 0.251. The molecule has 0 amide bonds. The highest BCUT2D eigenvalue weighted by atomic mass is 19.1. The fourth-order valence-corrected chi connectivity index (χ4v) is 1.79. The second kappa shape index (κ2) is 5.17. The van der Waals surface area contributed by atoms with E-state index in [9.17, 15) is 9.18 Å². The average molecular weight is 237 g/mol. The molecule has 0 aliphatic heterocycles. The Kier molecular flexibility index (Phi) is 3.61. The maximum absolute atomic E-state index is 13.0. The van der Waals surface area contributed by atoms with Crippen LogP contribution in [0.2, 0.25) is 0 Å². The molecule has 17 heavy (non-hydrogen) atoms. The number of hydrogen-bond donors (Lipinski definition) is 1. The van der Waals surface area contributed by atoms with Crippen molar-refractivity contribution in [2.75, 3.05) is 11.9 Å². The summed E-state index contributed by atoms with van der Waals surface area (Å²) >= 11 is 0. The Morgan fingerprint density at radius 3 is 2.94 bits per heavy atom. The van der Waals surface area contributed by atoms with E-state index in [1.54, 1.807) is 19.1 Å². The highest BCUT2D eigenvalue weighted by Crippen LogP contribution is 2.34. The van der Waals surface area contributed by atoms with Crippen molar-refractivity contribution >= 4 is 11.7 Å². The van der Waals surface area contributed by atoms with Crippen LogP contribution in [-0.2, 0) is 9.53 Å². The summed E-state index contributed by atoms with van der Waals surface area (Å²) in [5.74, 6) is -0.245. The van der Waals surface area contributed by atoms with E-state index in [1.165, 1.54) is 12.1 Å². The van der Waals surface area contributed by atoms with Crippen molar-refractivity contribution in [1.29, 1.82) is 0 Å². The van der Waals surface area contributed by atoms with Crippen LogP contribution in [-0.4, -0.2) is 18.6 Å². The smallest absolute Gasteiger partial charge is 0.328 e. The second-order valence-corrected chi connectivity index (χ2v) is 4.22. The third kappa shape index (κ3) is 3.19. The number of esters is 1. The lowest BCUT2D eigenvalue weighted by atomic mass is 10.1. The number of rotatable bonds is 5. The van der Waals surface area contributed by atoms with Gasteiger partial charge >= 0.3 is 5.97 Å². The first-order valence-electron chi connectivity index (χ1n) is 5.89. The summed E-state index contributed by atoms with van der Waals surface area (Å²) in [5.41, 5.74) is 0.620. The predicted octanol–water partition coefficient (Wildman–Crippen LogP) is 2.58. The zero-order chi connectivity index (χ0) is 12.3. The van der Waals surface area contributed by atoms with Gasteiger partial charge in [-0.25, -0.2) is 9.18 Å². The van der Waals surface area contributed by atoms with E-state index in [4.69, 9.17) is 4.74 Å². The molecule has 4 heteroatoms. The first kappa shape index (κ1) is 11.9. The molecular formula is C13H16FNO2. The van der Waals surface area contributed by atoms with E-state index < -0.39 is 0 Å². The van der Waals surface area contributed by atoms with Gasteiger partial charge in [-0.2, -0.15) is 0 Å². The molecule has 1 N–H and O–H groups in total. The van der Waals surface area contributed by atoms with Gasteiger partial charge in [0, 0.05) is 5.69 Å². The number of halogens is 1. The molecule has 1 aromatic rings. The van der Waals surface area contributed by atoms with Crippen LogP contribution in [0.25, 0.3) is 0 Å². The van der Waals surface area contributed by atoms with Crippen LogP contribution in [0.15, 0.2) is 24.3 Å². The minimum Gasteiger partial charge on any atom is -0.464 e. The fraction of sp³-hybridized carbons (Fsp3) is 0.462. The highest BCUT2D eigenvalue weighted by molar-refractivity contribution is 5.80. The SMILES string of the molecule is CCOC(=O)C(Nc1cccc(F)c1)C1CC1. The van der Waals surface area contributed by atoms with Gasteiger partial charge in [0.15, 0.2) is 0 Å². The number of carbonyl (C=O) groups excluding carboxylic acids is 1. The van der Waals surface area contributed by atoms with E-state index in [2.05, 4.69) is 5.32 Å². The minimum atomic E-state index is -0.350. The third-order valence-electron chi connectivity index (χ3n) is 2.78. The van der Waals surface area contributed by atoms with Crippen molar-refractivity contribution in [2.45, 2.75) is 25.8 Å². The Morgan fingerprint density at radius 1 is 1.59 bits per heavy atom. The summed E-state index contributed by atoms with van der Waals surface area (Å²) in [5, 5.41) is 3.05. The zero-order valence-electron chi connectivity index (χ0n) is 9.78. The molecule has 1 saturated carbocycles. The lowest BCUT2D eigenvalue weighted by Gasteiger charge is -2.17. The van der Waals surface area contributed by atoms with Crippen molar-refractivity contribution in [3.63, 3.8) is 0 Å². The van der Waals surface area contributed by atoms with E-state index in [-0.39, 0.29) is 17.8 Å². The quantitative estimate of drug-likeness (QED) is 0.800. The summed E-state index contributed by atoms with van der Waals surface area (Å²) in [7, 11) is 0. The van der Waals surface area contributed by atoms with Crippen LogP contribution in [0, 0.1) is 11.7 Å². The molecule has 1 aliphatic carbocycles. The van der Waals surface area contributed by atoms with E-state index in [0.717, 1.165) is 12.8 Å². The standard InChI is InChI=1S/C13H16FNO2/c1-2-17-13(16)12(9-6-7-9)15-11-5-3-4-10(14)8-11/h3-5,8-9,12,15H,2,6-7H2,1H3. The van der Waals surface area contributed by atoms with Gasteiger partial charge in [0.25, 0.3) is 0 Å². The summed E-state index contributed by atoms with van der Waals surface area (Å²) < 4.78 is 18.0. The zero-order valence-corrected chi connectivity index (χ0v) is 9.78. The number of benzene rings is 1. The van der Waals surface area contributed by atoms with E-state index in [0.29, 0.717) is 18.2 Å². The van der Waals surface area contributed by atoms with Crippen molar-refractivity contribution in [3.05, 3.63) is 30.1 Å². The van der Waals surface area contributed by atoms with Crippen LogP contribution < -0.4 is 5.32 Å². The van der Waals surface area contributed by atoms with Gasteiger partial charge in [0.2, 0.25) is 0 Å². The molecule has 1 fully saturated rings. The van der Waals surface area contributed by atoms with Gasteiger partial charge in [0.05, 0.1) is 6.61 Å². The molecule has 0 saturated heterocycles. The van der Waals surface area contributed by atoms with Gasteiger partial charge in [-0.3, -0.25) is 0 Å². The molecule has 3 nitrogen and oxygen atoms in total. The molecule has 2 rings (SSSR count). The maximum Gasteiger partial charge on any atom is 0.328 e. The molecule has 0 radical (unpaired) electrons. The molecule has 1 aliphatic rings. The average Bonchev–Trinajstić information content (AvgIpc) is 3.10. The number of carbonyl (C=O) groups is 1. The number of ether oxygens (including phenoxy) is 1. The monoisotopic (exact) mass is 237 g/mol. The Morgan fingerprint density at radius 2 is 2.35 bits per heavy atom. The topological polar surface area (TPSA) is 38.3 Å². The van der Waals surface area contributed by atoms with Crippen LogP contribution >= 0.6 is 0 Å². The van der Waals surface area contributed by atoms with Crippen molar-refractivity contribution in [3.8, 4) is 0 Å². The van der Waals surface area contributed by atoms with Gasteiger partial charge in [-0.1, -0.05) is 6.07 Å². The normalized spacial score (nSPS) is 16.4. The summed E-state index contributed by atoms with van der Waals surface area (Å²) in [6.07, 6.45) is 2.04. The Hall–Kier alpha value is -1.58. The number of anilines is 1. The number of hydrogen-bond acceptors (Lipinski definition) is 3. The lowest BCUT2D eigenvalue weighted by molar-refractivity contribution is -0.144. The van der Waals surface area contributed by atoms with Crippen molar-refractivity contribution in [1.82, 2.24) is 0 Å². The summed E-state index contributed by atoms with van der Waals surface area (Å²) in [6, 6.07) is 5.78. The summed E-state index contributed by atoms with van der Waals surface area (Å²) in [6.45, 7) is 2.15. The van der Waals surface area contributed by atoms with Crippen LogP contribution in [0.1, 0.15) is 19.8 Å². The molecule has 92 valence electrons. The van der Waals surface area contributed by atoms with Gasteiger partial charge < -0.3 is 10.1 Å². The third-order valence-corrected chi connectivity index (χ3v) is 2.78. The molecule has 0 bridgehead atoms. The molecular weight excluding hydrogens is 221 g/mol. The molecule has 1 unspecified atom stereocenters. The molecule has 0 spiro atoms. The predicted molar refractivity (Wildman–Crippen MR) is 63.2 cm³/mol. The van der Waals surface area contributed by atoms with Crippen molar-refractivity contribution < 1.29 is 13.9 Å². The van der Waals surface area contributed by atoms with Gasteiger partial charge in [0.1, 0.15) is 11.9 Å². The summed E-state index contributed by atoms with van der Waals surface area (Å²) in [4.78, 5) is 11.7. The van der Waals surface area contributed by atoms with Gasteiger partial charge in [-0.05, 0) is 43.9 Å². The maximum atomic E-state index is 13.0. The molecule has 1 aromatic carbocycles. The molecule has 0 heterocycles. The Bertz CT molecular complexity index is 404. The van der Waals surface area contributed by atoms with Crippen LogP contribution in [0.3, 0.4) is 0 Å². The first-order chi connectivity index (χ1) is 8.20. The second-order valence-electron chi connectivity index (χ2n) is 4.22. The van der Waals surface area contributed by atoms with Crippen LogP contribution in [0.5, 0.6) is 0 Å². The number of nitrogens with one attached hydrogen (secondary N) is 1.